The average molecular weight is 241 g/mol. The summed E-state index contributed by atoms with van der Waals surface area (Å²) in [4.78, 5) is 8.73. The average Bonchev–Trinajstić information content (AvgIpc) is 2.38. The van der Waals surface area contributed by atoms with E-state index in [1.165, 1.54) is 5.56 Å². The van der Waals surface area contributed by atoms with Crippen molar-refractivity contribution in [1.82, 2.24) is 9.97 Å². The number of aromatic nitrogens is 2. The van der Waals surface area contributed by atoms with Crippen molar-refractivity contribution in [3.63, 3.8) is 0 Å². The molecule has 1 aromatic carbocycles. The van der Waals surface area contributed by atoms with Crippen LogP contribution in [0, 0.1) is 0 Å². The first kappa shape index (κ1) is 12.6. The molecule has 0 amide bonds. The lowest BCUT2D eigenvalue weighted by molar-refractivity contribution is 0.590. The molecule has 3 nitrogen and oxygen atoms in total. The molecule has 0 saturated heterocycles. The Balaban J connectivity index is 2.34. The van der Waals surface area contributed by atoms with E-state index in [0.717, 1.165) is 17.2 Å². The molecule has 2 aromatic rings. The van der Waals surface area contributed by atoms with Crippen molar-refractivity contribution in [2.24, 2.45) is 0 Å². The van der Waals surface area contributed by atoms with Crippen LogP contribution in [0.3, 0.4) is 0 Å². The Bertz CT molecular complexity index is 524. The summed E-state index contributed by atoms with van der Waals surface area (Å²) >= 11 is 0. The van der Waals surface area contributed by atoms with Gasteiger partial charge >= 0.3 is 0 Å². The van der Waals surface area contributed by atoms with Gasteiger partial charge in [0, 0.05) is 18.8 Å². The van der Waals surface area contributed by atoms with Crippen molar-refractivity contribution in [2.45, 2.75) is 26.2 Å². The third kappa shape index (κ3) is 2.67. The first-order valence-corrected chi connectivity index (χ1v) is 6.12. The van der Waals surface area contributed by atoms with Gasteiger partial charge in [-0.3, -0.25) is 0 Å². The fourth-order valence-electron chi connectivity index (χ4n) is 1.76. The molecule has 0 bridgehead atoms. The molecule has 0 aliphatic rings. The van der Waals surface area contributed by atoms with Crippen molar-refractivity contribution in [3.05, 3.63) is 42.1 Å². The van der Waals surface area contributed by atoms with Gasteiger partial charge in [-0.25, -0.2) is 9.97 Å². The standard InChI is InChI=1S/C15H19N3/c1-15(2,3)12-7-5-11(6-8-12)14-17-10-9-13(16-4)18-14/h5-10H,1-4H3,(H,16,17,18). The monoisotopic (exact) mass is 241 g/mol. The third-order valence-electron chi connectivity index (χ3n) is 2.92. The Hall–Kier alpha value is -1.90. The topological polar surface area (TPSA) is 37.8 Å². The van der Waals surface area contributed by atoms with Crippen LogP contribution >= 0.6 is 0 Å². The largest absolute Gasteiger partial charge is 0.373 e. The number of hydrogen-bond acceptors (Lipinski definition) is 3. The smallest absolute Gasteiger partial charge is 0.161 e. The summed E-state index contributed by atoms with van der Waals surface area (Å²) in [7, 11) is 1.86. The van der Waals surface area contributed by atoms with Crippen LogP contribution < -0.4 is 5.32 Å². The molecular formula is C15H19N3. The van der Waals surface area contributed by atoms with E-state index in [1.54, 1.807) is 6.20 Å². The van der Waals surface area contributed by atoms with E-state index in [9.17, 15) is 0 Å². The van der Waals surface area contributed by atoms with Crippen LogP contribution in [0.1, 0.15) is 26.3 Å². The summed E-state index contributed by atoms with van der Waals surface area (Å²) in [6.07, 6.45) is 1.77. The molecule has 94 valence electrons. The Morgan fingerprint density at radius 3 is 2.22 bits per heavy atom. The van der Waals surface area contributed by atoms with Gasteiger partial charge in [-0.15, -0.1) is 0 Å². The molecule has 1 N–H and O–H groups in total. The second kappa shape index (κ2) is 4.77. The molecule has 0 unspecified atom stereocenters. The SMILES string of the molecule is CNc1ccnc(-c2ccc(C(C)(C)C)cc2)n1. The Morgan fingerprint density at radius 1 is 1.00 bits per heavy atom. The molecule has 2 rings (SSSR count). The number of anilines is 1. The minimum Gasteiger partial charge on any atom is -0.373 e. The minimum atomic E-state index is 0.173. The van der Waals surface area contributed by atoms with Crippen molar-refractivity contribution in [3.8, 4) is 11.4 Å². The van der Waals surface area contributed by atoms with Crippen LogP contribution in [0.5, 0.6) is 0 Å². The maximum atomic E-state index is 4.43. The van der Waals surface area contributed by atoms with Crippen molar-refractivity contribution in [2.75, 3.05) is 12.4 Å². The highest BCUT2D eigenvalue weighted by molar-refractivity contribution is 5.57. The molecule has 0 aliphatic carbocycles. The molecule has 1 aromatic heterocycles. The Kier molecular flexibility index (Phi) is 3.32. The fourth-order valence-corrected chi connectivity index (χ4v) is 1.76. The van der Waals surface area contributed by atoms with Crippen LogP contribution in [0.25, 0.3) is 11.4 Å². The summed E-state index contributed by atoms with van der Waals surface area (Å²) in [5, 5.41) is 3.02. The number of nitrogens with one attached hydrogen (secondary N) is 1. The summed E-state index contributed by atoms with van der Waals surface area (Å²) in [6, 6.07) is 10.3. The van der Waals surface area contributed by atoms with Gasteiger partial charge in [0.15, 0.2) is 5.82 Å². The molecule has 18 heavy (non-hydrogen) atoms. The molecule has 0 fully saturated rings. The van der Waals surface area contributed by atoms with Gasteiger partial charge in [0.05, 0.1) is 0 Å². The van der Waals surface area contributed by atoms with Gasteiger partial charge in [-0.2, -0.15) is 0 Å². The lowest BCUT2D eigenvalue weighted by atomic mass is 9.87. The second-order valence-corrected chi connectivity index (χ2v) is 5.34. The van der Waals surface area contributed by atoms with Gasteiger partial charge in [-0.05, 0) is 17.0 Å². The molecule has 0 spiro atoms. The van der Waals surface area contributed by atoms with Crippen LogP contribution in [0.15, 0.2) is 36.5 Å². The number of rotatable bonds is 2. The van der Waals surface area contributed by atoms with Crippen LogP contribution in [0.2, 0.25) is 0 Å². The quantitative estimate of drug-likeness (QED) is 0.874. The molecule has 1 heterocycles. The first-order valence-electron chi connectivity index (χ1n) is 6.12. The van der Waals surface area contributed by atoms with Gasteiger partial charge in [0.2, 0.25) is 0 Å². The predicted molar refractivity (Wildman–Crippen MR) is 75.7 cm³/mol. The van der Waals surface area contributed by atoms with Crippen LogP contribution in [0.4, 0.5) is 5.82 Å². The van der Waals surface area contributed by atoms with Crippen LogP contribution in [-0.4, -0.2) is 17.0 Å². The van der Waals surface area contributed by atoms with E-state index in [0.29, 0.717) is 0 Å². The maximum absolute atomic E-state index is 4.43. The molecular weight excluding hydrogens is 222 g/mol. The predicted octanol–water partition coefficient (Wildman–Crippen LogP) is 3.48. The summed E-state index contributed by atoms with van der Waals surface area (Å²) in [5.41, 5.74) is 2.53. The second-order valence-electron chi connectivity index (χ2n) is 5.34. The number of benzene rings is 1. The van der Waals surface area contributed by atoms with E-state index in [1.807, 2.05) is 13.1 Å². The van der Waals surface area contributed by atoms with Crippen molar-refractivity contribution in [1.29, 1.82) is 0 Å². The zero-order valence-electron chi connectivity index (χ0n) is 11.4. The Morgan fingerprint density at radius 2 is 1.67 bits per heavy atom. The number of nitrogens with zero attached hydrogens (tertiary/aromatic N) is 2. The molecule has 3 heteroatoms. The lowest BCUT2D eigenvalue weighted by Crippen LogP contribution is -2.10. The van der Waals surface area contributed by atoms with E-state index in [-0.39, 0.29) is 5.41 Å². The van der Waals surface area contributed by atoms with E-state index < -0.39 is 0 Å². The van der Waals surface area contributed by atoms with E-state index >= 15 is 0 Å². The fraction of sp³-hybridized carbons (Fsp3) is 0.333. The number of hydrogen-bond donors (Lipinski definition) is 1. The van der Waals surface area contributed by atoms with Crippen LogP contribution in [-0.2, 0) is 5.41 Å². The van der Waals surface area contributed by atoms with Gasteiger partial charge in [-0.1, -0.05) is 45.0 Å². The minimum absolute atomic E-state index is 0.173. The third-order valence-corrected chi connectivity index (χ3v) is 2.92. The zero-order chi connectivity index (χ0) is 13.2. The van der Waals surface area contributed by atoms with Gasteiger partial charge in [0.25, 0.3) is 0 Å². The molecule has 0 atom stereocenters. The molecule has 0 aliphatic heterocycles. The van der Waals surface area contributed by atoms with Crippen molar-refractivity contribution >= 4 is 5.82 Å². The zero-order valence-corrected chi connectivity index (χ0v) is 11.4. The summed E-state index contributed by atoms with van der Waals surface area (Å²) in [5.74, 6) is 1.59. The van der Waals surface area contributed by atoms with E-state index in [2.05, 4.69) is 60.3 Å². The molecule has 0 radical (unpaired) electrons. The normalized spacial score (nSPS) is 11.3. The maximum Gasteiger partial charge on any atom is 0.161 e. The van der Waals surface area contributed by atoms with Crippen molar-refractivity contribution < 1.29 is 0 Å². The van der Waals surface area contributed by atoms with E-state index in [4.69, 9.17) is 0 Å². The summed E-state index contributed by atoms with van der Waals surface area (Å²) in [6.45, 7) is 6.63. The highest BCUT2D eigenvalue weighted by atomic mass is 15.0. The first-order chi connectivity index (χ1) is 8.50. The highest BCUT2D eigenvalue weighted by Crippen LogP contribution is 2.24. The summed E-state index contributed by atoms with van der Waals surface area (Å²) < 4.78 is 0. The molecule has 0 saturated carbocycles. The Labute approximate surface area is 108 Å². The lowest BCUT2D eigenvalue weighted by Gasteiger charge is -2.19. The highest BCUT2D eigenvalue weighted by Gasteiger charge is 2.13. The van der Waals surface area contributed by atoms with Gasteiger partial charge in [0.1, 0.15) is 5.82 Å². The van der Waals surface area contributed by atoms with Gasteiger partial charge < -0.3 is 5.32 Å².